The molecule has 0 radical (unpaired) electrons. The summed E-state index contributed by atoms with van der Waals surface area (Å²) in [6, 6.07) is 0.667. The summed E-state index contributed by atoms with van der Waals surface area (Å²) in [5.74, 6) is 0. The van der Waals surface area contributed by atoms with Crippen molar-refractivity contribution in [2.24, 2.45) is 0 Å². The fourth-order valence-corrected chi connectivity index (χ4v) is 1.10. The van der Waals surface area contributed by atoms with Gasteiger partial charge in [0.05, 0.1) is 0 Å². The largest absolute Gasteiger partial charge is 0.303 e. The highest BCUT2D eigenvalue weighted by molar-refractivity contribution is 4.60. The van der Waals surface area contributed by atoms with Crippen molar-refractivity contribution >= 4 is 0 Å². The minimum absolute atomic E-state index is 0.667. The Bertz CT molecular complexity index is 96.5. The Morgan fingerprint density at radius 1 is 0.929 bits per heavy atom. The van der Waals surface area contributed by atoms with Gasteiger partial charge in [-0.2, -0.15) is 0 Å². The van der Waals surface area contributed by atoms with E-state index in [0.717, 1.165) is 0 Å². The standard InChI is InChI=1S/C10H24N2.C2H6/c1-6-12(7-2)9-8-11(5)10(3)4;1-2/h10H,6-9H2,1-5H3;1-2H3. The van der Waals surface area contributed by atoms with Gasteiger partial charge in [-0.15, -0.1) is 0 Å². The van der Waals surface area contributed by atoms with Crippen molar-refractivity contribution in [3.05, 3.63) is 0 Å². The average Bonchev–Trinajstić information content (AvgIpc) is 2.22. The van der Waals surface area contributed by atoms with E-state index < -0.39 is 0 Å². The predicted octanol–water partition coefficient (Wildman–Crippen LogP) is 2.69. The topological polar surface area (TPSA) is 6.48 Å². The Morgan fingerprint density at radius 2 is 1.36 bits per heavy atom. The summed E-state index contributed by atoms with van der Waals surface area (Å²) in [5, 5.41) is 0. The Balaban J connectivity index is 0. The van der Waals surface area contributed by atoms with Crippen LogP contribution in [0.3, 0.4) is 0 Å². The van der Waals surface area contributed by atoms with Gasteiger partial charge in [0.15, 0.2) is 0 Å². The third kappa shape index (κ3) is 8.52. The normalized spacial score (nSPS) is 10.7. The molecular weight excluding hydrogens is 172 g/mol. The van der Waals surface area contributed by atoms with E-state index in [9.17, 15) is 0 Å². The van der Waals surface area contributed by atoms with Crippen LogP contribution in [0.1, 0.15) is 41.5 Å². The van der Waals surface area contributed by atoms with Crippen LogP contribution in [0, 0.1) is 0 Å². The zero-order valence-corrected chi connectivity index (χ0v) is 11.3. The molecule has 14 heavy (non-hydrogen) atoms. The fourth-order valence-electron chi connectivity index (χ4n) is 1.10. The lowest BCUT2D eigenvalue weighted by Gasteiger charge is -2.25. The molecule has 0 aromatic heterocycles. The maximum atomic E-state index is 2.46. The molecule has 0 fully saturated rings. The van der Waals surface area contributed by atoms with Gasteiger partial charge in [0, 0.05) is 19.1 Å². The summed E-state index contributed by atoms with van der Waals surface area (Å²) in [6.07, 6.45) is 0. The summed E-state index contributed by atoms with van der Waals surface area (Å²) in [6.45, 7) is 17.6. The molecule has 0 saturated carbocycles. The lowest BCUT2D eigenvalue weighted by Crippen LogP contribution is -2.36. The molecule has 0 atom stereocenters. The summed E-state index contributed by atoms with van der Waals surface area (Å²) < 4.78 is 0. The van der Waals surface area contributed by atoms with E-state index >= 15 is 0 Å². The van der Waals surface area contributed by atoms with Gasteiger partial charge in [-0.1, -0.05) is 27.7 Å². The summed E-state index contributed by atoms with van der Waals surface area (Å²) in [5.41, 5.74) is 0. The SMILES string of the molecule is CC.CCN(CC)CCN(C)C(C)C. The molecular formula is C12H30N2. The van der Waals surface area contributed by atoms with Crippen LogP contribution in [-0.2, 0) is 0 Å². The maximum Gasteiger partial charge on any atom is 0.0109 e. The second kappa shape index (κ2) is 11.0. The summed E-state index contributed by atoms with van der Waals surface area (Å²) >= 11 is 0. The van der Waals surface area contributed by atoms with Gasteiger partial charge in [-0.3, -0.25) is 0 Å². The Kier molecular flexibility index (Phi) is 12.8. The van der Waals surface area contributed by atoms with Crippen LogP contribution in [-0.4, -0.2) is 49.1 Å². The van der Waals surface area contributed by atoms with Crippen molar-refractivity contribution in [3.63, 3.8) is 0 Å². The molecule has 0 aliphatic carbocycles. The average molecular weight is 202 g/mol. The first-order valence-corrected chi connectivity index (χ1v) is 6.04. The molecule has 88 valence electrons. The monoisotopic (exact) mass is 202 g/mol. The Labute approximate surface area is 91.3 Å². The van der Waals surface area contributed by atoms with Crippen molar-refractivity contribution in [1.82, 2.24) is 9.80 Å². The molecule has 0 aliphatic heterocycles. The number of hydrogen-bond donors (Lipinski definition) is 0. The van der Waals surface area contributed by atoms with Gasteiger partial charge in [0.25, 0.3) is 0 Å². The van der Waals surface area contributed by atoms with Gasteiger partial charge in [-0.25, -0.2) is 0 Å². The van der Waals surface area contributed by atoms with Crippen LogP contribution >= 0.6 is 0 Å². The molecule has 0 spiro atoms. The van der Waals surface area contributed by atoms with Crippen LogP contribution in [0.5, 0.6) is 0 Å². The van der Waals surface area contributed by atoms with Gasteiger partial charge in [-0.05, 0) is 34.0 Å². The van der Waals surface area contributed by atoms with E-state index in [1.165, 1.54) is 26.2 Å². The highest BCUT2D eigenvalue weighted by atomic mass is 15.2. The van der Waals surface area contributed by atoms with Gasteiger partial charge >= 0.3 is 0 Å². The third-order valence-corrected chi connectivity index (χ3v) is 2.54. The van der Waals surface area contributed by atoms with E-state index in [4.69, 9.17) is 0 Å². The highest BCUT2D eigenvalue weighted by Gasteiger charge is 2.04. The van der Waals surface area contributed by atoms with E-state index in [1.54, 1.807) is 0 Å². The predicted molar refractivity (Wildman–Crippen MR) is 66.9 cm³/mol. The molecule has 0 bridgehead atoms. The van der Waals surface area contributed by atoms with Crippen molar-refractivity contribution in [3.8, 4) is 0 Å². The lowest BCUT2D eigenvalue weighted by atomic mass is 10.3. The fraction of sp³-hybridized carbons (Fsp3) is 1.00. The molecule has 2 nitrogen and oxygen atoms in total. The van der Waals surface area contributed by atoms with Crippen LogP contribution in [0.25, 0.3) is 0 Å². The minimum atomic E-state index is 0.667. The van der Waals surface area contributed by atoms with Gasteiger partial charge < -0.3 is 9.80 Å². The van der Waals surface area contributed by atoms with Gasteiger partial charge in [0.2, 0.25) is 0 Å². The molecule has 0 aliphatic rings. The molecule has 2 heteroatoms. The van der Waals surface area contributed by atoms with Crippen LogP contribution in [0.15, 0.2) is 0 Å². The minimum Gasteiger partial charge on any atom is -0.303 e. The molecule has 0 heterocycles. The highest BCUT2D eigenvalue weighted by Crippen LogP contribution is 1.94. The third-order valence-electron chi connectivity index (χ3n) is 2.54. The quantitative estimate of drug-likeness (QED) is 0.653. The molecule has 0 saturated heterocycles. The van der Waals surface area contributed by atoms with Crippen molar-refractivity contribution < 1.29 is 0 Å². The van der Waals surface area contributed by atoms with Crippen molar-refractivity contribution in [2.45, 2.75) is 47.6 Å². The molecule has 0 amide bonds. The second-order valence-electron chi connectivity index (χ2n) is 3.60. The number of nitrogens with zero attached hydrogens (tertiary/aromatic N) is 2. The Morgan fingerprint density at radius 3 is 1.64 bits per heavy atom. The van der Waals surface area contributed by atoms with E-state index in [-0.39, 0.29) is 0 Å². The first-order chi connectivity index (χ1) is 6.61. The summed E-state index contributed by atoms with van der Waals surface area (Å²) in [7, 11) is 2.19. The number of hydrogen-bond acceptors (Lipinski definition) is 2. The molecule has 0 unspecified atom stereocenters. The first kappa shape index (κ1) is 16.4. The van der Waals surface area contributed by atoms with Crippen LogP contribution in [0.2, 0.25) is 0 Å². The first-order valence-electron chi connectivity index (χ1n) is 6.04. The lowest BCUT2D eigenvalue weighted by molar-refractivity contribution is 0.213. The number of likely N-dealkylation sites (N-methyl/N-ethyl adjacent to an activating group) is 2. The van der Waals surface area contributed by atoms with Crippen molar-refractivity contribution in [1.29, 1.82) is 0 Å². The number of rotatable bonds is 6. The van der Waals surface area contributed by atoms with Gasteiger partial charge in [0.1, 0.15) is 0 Å². The van der Waals surface area contributed by atoms with E-state index in [0.29, 0.717) is 6.04 Å². The van der Waals surface area contributed by atoms with E-state index in [2.05, 4.69) is 44.5 Å². The van der Waals surface area contributed by atoms with Crippen molar-refractivity contribution in [2.75, 3.05) is 33.2 Å². The molecule has 0 aromatic carbocycles. The zero-order valence-electron chi connectivity index (χ0n) is 11.3. The summed E-state index contributed by atoms with van der Waals surface area (Å²) in [4.78, 5) is 4.84. The molecule has 0 aromatic rings. The van der Waals surface area contributed by atoms with Crippen LogP contribution < -0.4 is 0 Å². The maximum absolute atomic E-state index is 2.46. The Hall–Kier alpha value is -0.0800. The second-order valence-corrected chi connectivity index (χ2v) is 3.60. The zero-order chi connectivity index (χ0) is 11.6. The molecule has 0 rings (SSSR count). The van der Waals surface area contributed by atoms with Crippen LogP contribution in [0.4, 0.5) is 0 Å². The molecule has 0 N–H and O–H groups in total. The smallest absolute Gasteiger partial charge is 0.0109 e. The van der Waals surface area contributed by atoms with E-state index in [1.807, 2.05) is 13.8 Å².